The van der Waals surface area contributed by atoms with E-state index in [2.05, 4.69) is 5.32 Å². The van der Waals surface area contributed by atoms with Crippen LogP contribution in [0.25, 0.3) is 0 Å². The first-order valence-electron chi connectivity index (χ1n) is 9.89. The van der Waals surface area contributed by atoms with Crippen molar-refractivity contribution < 1.29 is 31.5 Å². The molecule has 3 rings (SSSR count). The third kappa shape index (κ3) is 5.17. The van der Waals surface area contributed by atoms with Gasteiger partial charge < -0.3 is 14.8 Å². The van der Waals surface area contributed by atoms with Crippen LogP contribution in [0.3, 0.4) is 0 Å². The lowest BCUT2D eigenvalue weighted by molar-refractivity contribution is -0.121. The highest BCUT2D eigenvalue weighted by molar-refractivity contribution is 7.89. The SMILES string of the molecule is COc1cc(NC(=O)[C@H](C)N2CCN(S(=O)(=O)c3ccc(F)c(F)c3)CC2)cc(OC)c1. The van der Waals surface area contributed by atoms with Crippen LogP contribution in [0.15, 0.2) is 41.3 Å². The molecule has 1 heterocycles. The quantitative estimate of drug-likeness (QED) is 0.670. The van der Waals surface area contributed by atoms with Crippen LogP contribution in [-0.4, -0.2) is 70.0 Å². The van der Waals surface area contributed by atoms with Crippen LogP contribution in [0.4, 0.5) is 14.5 Å². The van der Waals surface area contributed by atoms with Gasteiger partial charge >= 0.3 is 0 Å². The van der Waals surface area contributed by atoms with Gasteiger partial charge in [-0.3, -0.25) is 9.69 Å². The van der Waals surface area contributed by atoms with E-state index in [0.717, 1.165) is 12.1 Å². The maximum atomic E-state index is 13.5. The number of benzene rings is 2. The molecule has 8 nitrogen and oxygen atoms in total. The summed E-state index contributed by atoms with van der Waals surface area (Å²) in [5, 5.41) is 2.82. The molecule has 11 heteroatoms. The molecule has 0 spiro atoms. The van der Waals surface area contributed by atoms with E-state index in [1.807, 2.05) is 4.90 Å². The summed E-state index contributed by atoms with van der Waals surface area (Å²) in [7, 11) is -0.941. The Morgan fingerprint density at radius 1 is 0.969 bits per heavy atom. The molecule has 1 saturated heterocycles. The van der Waals surface area contributed by atoms with Crippen LogP contribution < -0.4 is 14.8 Å². The third-order valence-electron chi connectivity index (χ3n) is 5.35. The van der Waals surface area contributed by atoms with Crippen LogP contribution in [-0.2, 0) is 14.8 Å². The fraction of sp³-hybridized carbons (Fsp3) is 0.381. The largest absolute Gasteiger partial charge is 0.497 e. The Bertz CT molecular complexity index is 1070. The summed E-state index contributed by atoms with van der Waals surface area (Å²) in [6.45, 7) is 2.57. The van der Waals surface area contributed by atoms with Gasteiger partial charge in [0.2, 0.25) is 15.9 Å². The predicted molar refractivity (Wildman–Crippen MR) is 114 cm³/mol. The zero-order valence-corrected chi connectivity index (χ0v) is 18.8. The molecule has 1 N–H and O–H groups in total. The van der Waals surface area contributed by atoms with Gasteiger partial charge in [-0.05, 0) is 25.1 Å². The third-order valence-corrected chi connectivity index (χ3v) is 7.24. The van der Waals surface area contributed by atoms with Gasteiger partial charge in [0, 0.05) is 50.1 Å². The normalized spacial score (nSPS) is 16.4. The second-order valence-electron chi connectivity index (χ2n) is 7.28. The number of rotatable bonds is 7. The summed E-state index contributed by atoms with van der Waals surface area (Å²) in [6, 6.07) is 7.00. The Kier molecular flexibility index (Phi) is 7.32. The number of carbonyl (C=O) groups excluding carboxylic acids is 1. The highest BCUT2D eigenvalue weighted by Crippen LogP contribution is 2.26. The number of carbonyl (C=O) groups is 1. The second kappa shape index (κ2) is 9.80. The smallest absolute Gasteiger partial charge is 0.243 e. The van der Waals surface area contributed by atoms with Gasteiger partial charge in [-0.2, -0.15) is 4.31 Å². The van der Waals surface area contributed by atoms with E-state index in [0.29, 0.717) is 36.3 Å². The number of hydrogen-bond donors (Lipinski definition) is 1. The molecule has 0 unspecified atom stereocenters. The first-order chi connectivity index (χ1) is 15.1. The van der Waals surface area contributed by atoms with Crippen molar-refractivity contribution >= 4 is 21.6 Å². The van der Waals surface area contributed by atoms with Crippen molar-refractivity contribution in [2.75, 3.05) is 45.7 Å². The molecule has 0 aliphatic carbocycles. The average molecular weight is 470 g/mol. The Labute approximate surface area is 185 Å². The lowest BCUT2D eigenvalue weighted by atomic mass is 10.2. The molecule has 174 valence electrons. The standard InChI is InChI=1S/C21H25F2N3O5S/c1-14(21(27)24-15-10-16(30-2)12-17(11-15)31-3)25-6-8-26(9-7-25)32(28,29)18-4-5-19(22)20(23)13-18/h4-5,10-14H,6-9H2,1-3H3,(H,24,27)/t14-/m0/s1. The Morgan fingerprint density at radius 3 is 2.09 bits per heavy atom. The fourth-order valence-corrected chi connectivity index (χ4v) is 4.84. The van der Waals surface area contributed by atoms with E-state index < -0.39 is 27.7 Å². The summed E-state index contributed by atoms with van der Waals surface area (Å²) in [6.07, 6.45) is 0. The average Bonchev–Trinajstić information content (AvgIpc) is 2.79. The second-order valence-corrected chi connectivity index (χ2v) is 9.22. The number of ether oxygens (including phenoxy) is 2. The first kappa shape index (κ1) is 23.9. The van der Waals surface area contributed by atoms with Crippen LogP contribution >= 0.6 is 0 Å². The summed E-state index contributed by atoms with van der Waals surface area (Å²) < 4.78 is 63.7. The predicted octanol–water partition coefficient (Wildman–Crippen LogP) is 2.32. The van der Waals surface area contributed by atoms with E-state index >= 15 is 0 Å². The van der Waals surface area contributed by atoms with Gasteiger partial charge in [-0.15, -0.1) is 0 Å². The highest BCUT2D eigenvalue weighted by atomic mass is 32.2. The number of nitrogens with zero attached hydrogens (tertiary/aromatic N) is 2. The number of sulfonamides is 1. The number of hydrogen-bond acceptors (Lipinski definition) is 6. The molecule has 0 aromatic heterocycles. The Balaban J connectivity index is 1.63. The van der Waals surface area contributed by atoms with E-state index in [1.54, 1.807) is 25.1 Å². The maximum absolute atomic E-state index is 13.5. The number of methoxy groups -OCH3 is 2. The van der Waals surface area contributed by atoms with E-state index in [9.17, 15) is 22.0 Å². The zero-order valence-electron chi connectivity index (χ0n) is 18.0. The van der Waals surface area contributed by atoms with Crippen LogP contribution in [0.5, 0.6) is 11.5 Å². The molecular formula is C21H25F2N3O5S. The first-order valence-corrected chi connectivity index (χ1v) is 11.3. The van der Waals surface area contributed by atoms with E-state index in [4.69, 9.17) is 9.47 Å². The fourth-order valence-electron chi connectivity index (χ4n) is 3.41. The van der Waals surface area contributed by atoms with Gasteiger partial charge in [0.1, 0.15) is 11.5 Å². The molecule has 32 heavy (non-hydrogen) atoms. The van der Waals surface area contributed by atoms with E-state index in [-0.39, 0.29) is 23.9 Å². The zero-order chi connectivity index (χ0) is 23.5. The molecule has 1 atom stereocenters. The lowest BCUT2D eigenvalue weighted by Crippen LogP contribution is -2.53. The number of halogens is 2. The van der Waals surface area contributed by atoms with Crippen molar-refractivity contribution in [1.82, 2.24) is 9.21 Å². The summed E-state index contributed by atoms with van der Waals surface area (Å²) in [5.74, 6) is -1.53. The van der Waals surface area contributed by atoms with Gasteiger partial charge in [-0.1, -0.05) is 0 Å². The van der Waals surface area contributed by atoms with Gasteiger partial charge in [0.15, 0.2) is 11.6 Å². The maximum Gasteiger partial charge on any atom is 0.243 e. The number of piperazine rings is 1. The molecule has 1 fully saturated rings. The summed E-state index contributed by atoms with van der Waals surface area (Å²) >= 11 is 0. The van der Waals surface area contributed by atoms with Gasteiger partial charge in [-0.25, -0.2) is 17.2 Å². The molecule has 0 radical (unpaired) electrons. The molecule has 1 aliphatic heterocycles. The minimum atomic E-state index is -3.96. The minimum Gasteiger partial charge on any atom is -0.497 e. The van der Waals surface area contributed by atoms with Crippen molar-refractivity contribution in [3.63, 3.8) is 0 Å². The Morgan fingerprint density at radius 2 is 1.56 bits per heavy atom. The van der Waals surface area contributed by atoms with Crippen molar-refractivity contribution in [1.29, 1.82) is 0 Å². The van der Waals surface area contributed by atoms with Crippen LogP contribution in [0.2, 0.25) is 0 Å². The topological polar surface area (TPSA) is 88.2 Å². The van der Waals surface area contributed by atoms with Crippen LogP contribution in [0.1, 0.15) is 6.92 Å². The van der Waals surface area contributed by atoms with Crippen LogP contribution in [0, 0.1) is 11.6 Å². The molecule has 0 bridgehead atoms. The summed E-state index contributed by atoms with van der Waals surface area (Å²) in [5.41, 5.74) is 0.512. The molecule has 1 aliphatic rings. The molecule has 2 aromatic carbocycles. The number of amides is 1. The highest BCUT2D eigenvalue weighted by Gasteiger charge is 2.32. The van der Waals surface area contributed by atoms with Gasteiger partial charge in [0.25, 0.3) is 0 Å². The molecular weight excluding hydrogens is 444 g/mol. The van der Waals surface area contributed by atoms with Crippen molar-refractivity contribution in [2.24, 2.45) is 0 Å². The molecule has 1 amide bonds. The van der Waals surface area contributed by atoms with Crippen molar-refractivity contribution in [2.45, 2.75) is 17.9 Å². The number of nitrogens with one attached hydrogen (secondary N) is 1. The van der Waals surface area contributed by atoms with E-state index in [1.165, 1.54) is 18.5 Å². The molecule has 0 saturated carbocycles. The Hall–Kier alpha value is -2.76. The number of anilines is 1. The molecule has 2 aromatic rings. The summed E-state index contributed by atoms with van der Waals surface area (Å²) in [4.78, 5) is 14.3. The lowest BCUT2D eigenvalue weighted by Gasteiger charge is -2.36. The van der Waals surface area contributed by atoms with Gasteiger partial charge in [0.05, 0.1) is 25.2 Å². The van der Waals surface area contributed by atoms with Crippen molar-refractivity contribution in [3.8, 4) is 11.5 Å². The monoisotopic (exact) mass is 469 g/mol. The minimum absolute atomic E-state index is 0.117. The van der Waals surface area contributed by atoms with Crippen molar-refractivity contribution in [3.05, 3.63) is 48.0 Å².